The van der Waals surface area contributed by atoms with Gasteiger partial charge in [0.1, 0.15) is 17.4 Å². The maximum Gasteiger partial charge on any atom is 0.416 e. The molecule has 154 valence electrons. The third-order valence-corrected chi connectivity index (χ3v) is 5.49. The predicted molar refractivity (Wildman–Crippen MR) is 107 cm³/mol. The molecule has 4 aromatic rings. The molecule has 0 unspecified atom stereocenters. The lowest BCUT2D eigenvalue weighted by molar-refractivity contribution is -0.138. The van der Waals surface area contributed by atoms with Gasteiger partial charge in [-0.2, -0.15) is 13.2 Å². The molecule has 2 N–H and O–H groups in total. The van der Waals surface area contributed by atoms with E-state index in [1.807, 2.05) is 0 Å². The number of aromatic amines is 1. The largest absolute Gasteiger partial charge is 0.488 e. The number of ether oxygens (including phenoxy) is 1. The Hall–Kier alpha value is -3.33. The van der Waals surface area contributed by atoms with Crippen molar-refractivity contribution in [3.63, 3.8) is 0 Å². The Labute approximate surface area is 172 Å². The number of carboxylic acid groups (broad SMARTS) is 1. The highest BCUT2D eigenvalue weighted by Gasteiger charge is 2.30. The zero-order valence-electron chi connectivity index (χ0n) is 15.4. The Morgan fingerprint density at radius 3 is 2.63 bits per heavy atom. The van der Waals surface area contributed by atoms with Gasteiger partial charge in [-0.3, -0.25) is 4.79 Å². The molecule has 0 aliphatic rings. The first kappa shape index (κ1) is 20.0. The maximum absolute atomic E-state index is 12.7. The van der Waals surface area contributed by atoms with Crippen LogP contribution in [0.25, 0.3) is 21.5 Å². The summed E-state index contributed by atoms with van der Waals surface area (Å²) in [6, 6.07) is 10.2. The molecule has 2 aromatic carbocycles. The number of rotatable bonds is 6. The smallest absolute Gasteiger partial charge is 0.416 e. The van der Waals surface area contributed by atoms with E-state index < -0.39 is 17.7 Å². The van der Waals surface area contributed by atoms with Crippen LogP contribution in [-0.2, 0) is 24.0 Å². The van der Waals surface area contributed by atoms with E-state index in [0.717, 1.165) is 27.9 Å². The normalized spacial score (nSPS) is 11.7. The number of benzene rings is 2. The number of aliphatic carboxylic acids is 1. The summed E-state index contributed by atoms with van der Waals surface area (Å²) in [5.41, 5.74) is 1.39. The van der Waals surface area contributed by atoms with Gasteiger partial charge in [0.2, 0.25) is 0 Å². The number of halogens is 3. The number of aromatic nitrogens is 2. The number of nitrogens with one attached hydrogen (secondary N) is 1. The van der Waals surface area contributed by atoms with Gasteiger partial charge in [-0.1, -0.05) is 12.1 Å². The molecule has 0 aliphatic carbocycles. The van der Waals surface area contributed by atoms with E-state index in [0.29, 0.717) is 21.9 Å². The standard InChI is InChI=1S/C21H15F3N2O3S/c22-21(23,24)14-3-1-12(2-4-14)20-26-10-16(30-20)11-29-15-5-6-17-13(7-19(27)28)9-25-18(17)8-15/h1-6,8-10,25H,7,11H2,(H,27,28). The van der Waals surface area contributed by atoms with Gasteiger partial charge in [0.15, 0.2) is 0 Å². The fourth-order valence-corrected chi connectivity index (χ4v) is 3.86. The van der Waals surface area contributed by atoms with Crippen LogP contribution in [0.4, 0.5) is 13.2 Å². The van der Waals surface area contributed by atoms with E-state index >= 15 is 0 Å². The first-order valence-electron chi connectivity index (χ1n) is 8.86. The van der Waals surface area contributed by atoms with Crippen molar-refractivity contribution in [2.75, 3.05) is 0 Å². The van der Waals surface area contributed by atoms with Gasteiger partial charge >= 0.3 is 12.1 Å². The van der Waals surface area contributed by atoms with Gasteiger partial charge in [0.05, 0.1) is 16.9 Å². The highest BCUT2D eigenvalue weighted by molar-refractivity contribution is 7.15. The molecule has 0 bridgehead atoms. The van der Waals surface area contributed by atoms with Gasteiger partial charge < -0.3 is 14.8 Å². The molecular formula is C21H15F3N2O3S. The van der Waals surface area contributed by atoms with Crippen LogP contribution >= 0.6 is 11.3 Å². The molecule has 0 aliphatic heterocycles. The molecule has 4 rings (SSSR count). The quantitative estimate of drug-likeness (QED) is 0.421. The lowest BCUT2D eigenvalue weighted by atomic mass is 10.1. The summed E-state index contributed by atoms with van der Waals surface area (Å²) in [5.74, 6) is -0.291. The molecular weight excluding hydrogens is 417 g/mol. The van der Waals surface area contributed by atoms with Crippen LogP contribution in [0.1, 0.15) is 16.0 Å². The molecule has 30 heavy (non-hydrogen) atoms. The van der Waals surface area contributed by atoms with Crippen molar-refractivity contribution in [1.82, 2.24) is 9.97 Å². The van der Waals surface area contributed by atoms with Crippen molar-refractivity contribution in [3.8, 4) is 16.3 Å². The third kappa shape index (κ3) is 4.30. The average molecular weight is 432 g/mol. The molecule has 0 fully saturated rings. The number of hydrogen-bond donors (Lipinski definition) is 2. The van der Waals surface area contributed by atoms with E-state index in [9.17, 15) is 18.0 Å². The van der Waals surface area contributed by atoms with E-state index in [-0.39, 0.29) is 13.0 Å². The molecule has 0 saturated carbocycles. The number of alkyl halides is 3. The van der Waals surface area contributed by atoms with Crippen LogP contribution < -0.4 is 4.74 Å². The fraction of sp³-hybridized carbons (Fsp3) is 0.143. The minimum Gasteiger partial charge on any atom is -0.488 e. The Balaban J connectivity index is 1.43. The molecule has 9 heteroatoms. The van der Waals surface area contributed by atoms with Gasteiger partial charge in [-0.05, 0) is 29.8 Å². The number of nitrogens with zero attached hydrogens (tertiary/aromatic N) is 1. The van der Waals surface area contributed by atoms with Crippen LogP contribution in [0.15, 0.2) is 54.9 Å². The van der Waals surface area contributed by atoms with Gasteiger partial charge in [-0.25, -0.2) is 4.98 Å². The summed E-state index contributed by atoms with van der Waals surface area (Å²) in [6.45, 7) is 0.256. The number of carboxylic acids is 1. The zero-order chi connectivity index (χ0) is 21.3. The lowest BCUT2D eigenvalue weighted by Gasteiger charge is -2.06. The van der Waals surface area contributed by atoms with Crippen LogP contribution in [0.3, 0.4) is 0 Å². The summed E-state index contributed by atoms with van der Waals surface area (Å²) in [6.07, 6.45) is -1.12. The molecule has 0 atom stereocenters. The van der Waals surface area contributed by atoms with Gasteiger partial charge in [-0.15, -0.1) is 11.3 Å². The Kier molecular flexibility index (Phi) is 5.21. The SMILES string of the molecule is O=C(O)Cc1c[nH]c2cc(OCc3cnc(-c4ccc(C(F)(F)F)cc4)s3)ccc12. The first-order chi connectivity index (χ1) is 14.3. The van der Waals surface area contributed by atoms with Crippen molar-refractivity contribution in [2.45, 2.75) is 19.2 Å². The summed E-state index contributed by atoms with van der Waals surface area (Å²) in [5, 5.41) is 10.4. The zero-order valence-corrected chi connectivity index (χ0v) is 16.2. The van der Waals surface area contributed by atoms with Gasteiger partial charge in [0, 0.05) is 34.9 Å². The monoisotopic (exact) mass is 432 g/mol. The number of H-pyrrole nitrogens is 1. The second kappa shape index (κ2) is 7.83. The summed E-state index contributed by atoms with van der Waals surface area (Å²) >= 11 is 1.34. The second-order valence-electron chi connectivity index (χ2n) is 6.59. The summed E-state index contributed by atoms with van der Waals surface area (Å²) in [4.78, 5) is 19.0. The number of hydrogen-bond acceptors (Lipinski definition) is 4. The van der Waals surface area contributed by atoms with E-state index in [1.54, 1.807) is 30.6 Å². The molecule has 0 amide bonds. The topological polar surface area (TPSA) is 75.2 Å². The molecule has 0 spiro atoms. The van der Waals surface area contributed by atoms with E-state index in [4.69, 9.17) is 9.84 Å². The van der Waals surface area contributed by atoms with Crippen molar-refractivity contribution < 1.29 is 27.8 Å². The molecule has 0 saturated heterocycles. The molecule has 5 nitrogen and oxygen atoms in total. The van der Waals surface area contributed by atoms with Crippen LogP contribution in [0.5, 0.6) is 5.75 Å². The third-order valence-electron chi connectivity index (χ3n) is 4.47. The Morgan fingerprint density at radius 1 is 1.17 bits per heavy atom. The summed E-state index contributed by atoms with van der Waals surface area (Å²) < 4.78 is 43.8. The second-order valence-corrected chi connectivity index (χ2v) is 7.70. The van der Waals surface area contributed by atoms with Crippen LogP contribution in [0.2, 0.25) is 0 Å². The van der Waals surface area contributed by atoms with Crippen LogP contribution in [-0.4, -0.2) is 21.0 Å². The minimum absolute atomic E-state index is 0.0617. The van der Waals surface area contributed by atoms with Gasteiger partial charge in [0.25, 0.3) is 0 Å². The molecule has 0 radical (unpaired) electrons. The predicted octanol–water partition coefficient (Wildman–Crippen LogP) is 5.52. The number of thiazole rings is 1. The number of fused-ring (bicyclic) bond motifs is 1. The molecule has 2 aromatic heterocycles. The lowest BCUT2D eigenvalue weighted by Crippen LogP contribution is -2.03. The van der Waals surface area contributed by atoms with Crippen molar-refractivity contribution in [1.29, 1.82) is 0 Å². The highest BCUT2D eigenvalue weighted by atomic mass is 32.1. The Bertz CT molecular complexity index is 1200. The minimum atomic E-state index is -4.37. The van der Waals surface area contributed by atoms with Crippen molar-refractivity contribution in [2.24, 2.45) is 0 Å². The van der Waals surface area contributed by atoms with E-state index in [1.165, 1.54) is 23.5 Å². The highest BCUT2D eigenvalue weighted by Crippen LogP contribution is 2.32. The molecule has 2 heterocycles. The van der Waals surface area contributed by atoms with Crippen molar-refractivity contribution in [3.05, 3.63) is 70.9 Å². The average Bonchev–Trinajstić information content (AvgIpc) is 3.33. The van der Waals surface area contributed by atoms with Crippen LogP contribution in [0, 0.1) is 0 Å². The fourth-order valence-electron chi connectivity index (χ4n) is 3.03. The van der Waals surface area contributed by atoms with E-state index in [2.05, 4.69) is 9.97 Å². The number of carbonyl (C=O) groups is 1. The summed E-state index contributed by atoms with van der Waals surface area (Å²) in [7, 11) is 0. The first-order valence-corrected chi connectivity index (χ1v) is 9.68. The van der Waals surface area contributed by atoms with Crippen molar-refractivity contribution >= 4 is 28.2 Å². The maximum atomic E-state index is 12.7. The Morgan fingerprint density at radius 2 is 1.93 bits per heavy atom.